The van der Waals surface area contributed by atoms with Crippen molar-refractivity contribution < 1.29 is 17.9 Å². The van der Waals surface area contributed by atoms with Crippen LogP contribution in [0.15, 0.2) is 0 Å². The molecule has 1 aliphatic heterocycles. The van der Waals surface area contributed by atoms with Crippen molar-refractivity contribution in [2.75, 3.05) is 31.3 Å². The first-order chi connectivity index (χ1) is 8.51. The van der Waals surface area contributed by atoms with Crippen LogP contribution in [0.5, 0.6) is 0 Å². The van der Waals surface area contributed by atoms with E-state index in [0.29, 0.717) is 44.8 Å². The second-order valence-corrected chi connectivity index (χ2v) is 6.75. The normalized spacial score (nSPS) is 18.8. The number of hydrogen-bond donors (Lipinski definition) is 0. The number of hydrogen-bond acceptors (Lipinski definition) is 4. The predicted octanol–water partition coefficient (Wildman–Crippen LogP) is 1.22. The third-order valence-corrected chi connectivity index (χ3v) is 5.23. The molecule has 0 aromatic rings. The summed E-state index contributed by atoms with van der Waals surface area (Å²) in [4.78, 5) is 11.5. The summed E-state index contributed by atoms with van der Waals surface area (Å²) >= 11 is 5.50. The Morgan fingerprint density at radius 1 is 1.39 bits per heavy atom. The Morgan fingerprint density at radius 2 is 2.00 bits per heavy atom. The first-order valence-electron chi connectivity index (χ1n) is 6.21. The second-order valence-electron chi connectivity index (χ2n) is 4.28. The first kappa shape index (κ1) is 15.7. The Labute approximate surface area is 113 Å². The number of carbonyl (C=O) groups is 1. The minimum Gasteiger partial charge on any atom is -0.466 e. The number of sulfonamides is 1. The minimum atomic E-state index is -3.21. The molecule has 0 amide bonds. The number of piperidine rings is 1. The second kappa shape index (κ2) is 7.31. The number of nitrogens with zero attached hydrogens (tertiary/aromatic N) is 1. The van der Waals surface area contributed by atoms with Gasteiger partial charge in [-0.3, -0.25) is 4.79 Å². The van der Waals surface area contributed by atoms with E-state index in [-0.39, 0.29) is 17.6 Å². The molecule has 0 unspecified atom stereocenters. The topological polar surface area (TPSA) is 63.7 Å². The number of carbonyl (C=O) groups excluding carboxylic acids is 1. The van der Waals surface area contributed by atoms with Gasteiger partial charge in [0, 0.05) is 19.0 Å². The lowest BCUT2D eigenvalue weighted by Crippen LogP contribution is -2.41. The van der Waals surface area contributed by atoms with Crippen molar-refractivity contribution >= 4 is 27.6 Å². The highest BCUT2D eigenvalue weighted by Crippen LogP contribution is 2.21. The van der Waals surface area contributed by atoms with Crippen LogP contribution in [0.2, 0.25) is 0 Å². The predicted molar refractivity (Wildman–Crippen MR) is 70.1 cm³/mol. The maximum absolute atomic E-state index is 11.9. The van der Waals surface area contributed by atoms with E-state index in [0.717, 1.165) is 0 Å². The van der Waals surface area contributed by atoms with Crippen molar-refractivity contribution in [3.8, 4) is 0 Å². The van der Waals surface area contributed by atoms with E-state index < -0.39 is 10.0 Å². The van der Waals surface area contributed by atoms with Crippen molar-refractivity contribution in [1.82, 2.24) is 4.31 Å². The molecule has 1 heterocycles. The molecule has 0 radical (unpaired) electrons. The van der Waals surface area contributed by atoms with Crippen LogP contribution in [-0.4, -0.2) is 50.0 Å². The number of ether oxygens (including phenoxy) is 1. The largest absolute Gasteiger partial charge is 0.466 e. The Kier molecular flexibility index (Phi) is 6.38. The van der Waals surface area contributed by atoms with Crippen molar-refractivity contribution in [3.63, 3.8) is 0 Å². The van der Waals surface area contributed by atoms with Gasteiger partial charge < -0.3 is 4.74 Å². The van der Waals surface area contributed by atoms with E-state index >= 15 is 0 Å². The zero-order valence-corrected chi connectivity index (χ0v) is 12.2. The van der Waals surface area contributed by atoms with Crippen LogP contribution < -0.4 is 0 Å². The number of alkyl halides is 1. The molecule has 7 heteroatoms. The molecule has 0 bridgehead atoms. The van der Waals surface area contributed by atoms with Gasteiger partial charge in [-0.1, -0.05) is 0 Å². The van der Waals surface area contributed by atoms with E-state index in [1.807, 2.05) is 0 Å². The van der Waals surface area contributed by atoms with Gasteiger partial charge in [-0.2, -0.15) is 0 Å². The number of halogens is 1. The summed E-state index contributed by atoms with van der Waals surface area (Å²) in [5.74, 6) is 0.0544. The molecule has 1 saturated heterocycles. The molecule has 106 valence electrons. The van der Waals surface area contributed by atoms with Crippen LogP contribution in [0.3, 0.4) is 0 Å². The molecular formula is C11H20ClNO4S. The molecule has 0 spiro atoms. The lowest BCUT2D eigenvalue weighted by molar-refractivity contribution is -0.149. The molecule has 0 aromatic heterocycles. The zero-order chi connectivity index (χ0) is 13.6. The third-order valence-electron chi connectivity index (χ3n) is 3.00. The van der Waals surface area contributed by atoms with Gasteiger partial charge in [0.05, 0.1) is 18.3 Å². The monoisotopic (exact) mass is 297 g/mol. The van der Waals surface area contributed by atoms with Crippen molar-refractivity contribution in [2.45, 2.75) is 26.2 Å². The molecule has 1 rings (SSSR count). The fourth-order valence-corrected chi connectivity index (χ4v) is 3.82. The molecule has 18 heavy (non-hydrogen) atoms. The van der Waals surface area contributed by atoms with Crippen LogP contribution in [0, 0.1) is 5.92 Å². The van der Waals surface area contributed by atoms with Gasteiger partial charge in [0.2, 0.25) is 10.0 Å². The van der Waals surface area contributed by atoms with E-state index in [1.54, 1.807) is 6.92 Å². The Hall–Kier alpha value is -0.330. The standard InChI is InChI=1S/C11H20ClNO4S/c1-2-17-11(14)10-4-7-13(8-5-10)18(15,16)9-3-6-12/h10H,2-9H2,1H3. The van der Waals surface area contributed by atoms with Gasteiger partial charge in [0.25, 0.3) is 0 Å². The van der Waals surface area contributed by atoms with Crippen molar-refractivity contribution in [2.24, 2.45) is 5.92 Å². The fourth-order valence-electron chi connectivity index (χ4n) is 2.00. The van der Waals surface area contributed by atoms with Crippen LogP contribution in [0.4, 0.5) is 0 Å². The van der Waals surface area contributed by atoms with Crippen molar-refractivity contribution in [3.05, 3.63) is 0 Å². The maximum atomic E-state index is 11.9. The lowest BCUT2D eigenvalue weighted by atomic mass is 9.98. The van der Waals surface area contributed by atoms with Gasteiger partial charge in [-0.05, 0) is 26.2 Å². The highest BCUT2D eigenvalue weighted by Gasteiger charge is 2.31. The Morgan fingerprint density at radius 3 is 2.50 bits per heavy atom. The van der Waals surface area contributed by atoms with E-state index in [2.05, 4.69) is 0 Å². The summed E-state index contributed by atoms with van der Waals surface area (Å²) < 4.78 is 30.2. The fraction of sp³-hybridized carbons (Fsp3) is 0.909. The van der Waals surface area contributed by atoms with Gasteiger partial charge in [0.1, 0.15) is 0 Å². The quantitative estimate of drug-likeness (QED) is 0.546. The molecule has 1 fully saturated rings. The van der Waals surface area contributed by atoms with Gasteiger partial charge in [-0.25, -0.2) is 12.7 Å². The average Bonchev–Trinajstić information content (AvgIpc) is 2.37. The Balaban J connectivity index is 2.46. The summed E-state index contributed by atoms with van der Waals surface area (Å²) in [6.45, 7) is 2.93. The van der Waals surface area contributed by atoms with Crippen molar-refractivity contribution in [1.29, 1.82) is 0 Å². The SMILES string of the molecule is CCOC(=O)C1CCN(S(=O)(=O)CCCCl)CC1. The van der Waals surface area contributed by atoms with Gasteiger partial charge >= 0.3 is 5.97 Å². The van der Waals surface area contributed by atoms with Crippen LogP contribution in [0.1, 0.15) is 26.2 Å². The first-order valence-corrected chi connectivity index (χ1v) is 8.36. The third kappa shape index (κ3) is 4.40. The molecule has 0 aliphatic carbocycles. The smallest absolute Gasteiger partial charge is 0.309 e. The Bertz CT molecular complexity index is 363. The summed E-state index contributed by atoms with van der Waals surface area (Å²) in [5.41, 5.74) is 0. The number of rotatable bonds is 6. The maximum Gasteiger partial charge on any atom is 0.309 e. The molecular weight excluding hydrogens is 278 g/mol. The van der Waals surface area contributed by atoms with E-state index in [9.17, 15) is 13.2 Å². The van der Waals surface area contributed by atoms with Crippen LogP contribution >= 0.6 is 11.6 Å². The molecule has 0 saturated carbocycles. The highest BCUT2D eigenvalue weighted by atomic mass is 35.5. The highest BCUT2D eigenvalue weighted by molar-refractivity contribution is 7.89. The molecule has 1 aliphatic rings. The van der Waals surface area contributed by atoms with E-state index in [4.69, 9.17) is 16.3 Å². The average molecular weight is 298 g/mol. The van der Waals surface area contributed by atoms with Gasteiger partial charge in [0.15, 0.2) is 0 Å². The molecule has 5 nitrogen and oxygen atoms in total. The summed E-state index contributed by atoms with van der Waals surface area (Å²) in [5, 5.41) is 0. The number of esters is 1. The van der Waals surface area contributed by atoms with Gasteiger partial charge in [-0.15, -0.1) is 11.6 Å². The van der Waals surface area contributed by atoms with E-state index in [1.165, 1.54) is 4.31 Å². The summed E-state index contributed by atoms with van der Waals surface area (Å²) in [6.07, 6.45) is 1.54. The minimum absolute atomic E-state index is 0.0839. The van der Waals surface area contributed by atoms with Crippen LogP contribution in [0.25, 0.3) is 0 Å². The van der Waals surface area contributed by atoms with Crippen LogP contribution in [-0.2, 0) is 19.6 Å². The molecule has 0 N–H and O–H groups in total. The zero-order valence-electron chi connectivity index (χ0n) is 10.6. The molecule has 0 atom stereocenters. The lowest BCUT2D eigenvalue weighted by Gasteiger charge is -2.30. The molecule has 0 aromatic carbocycles. The summed E-state index contributed by atoms with van der Waals surface area (Å²) in [6, 6.07) is 0. The summed E-state index contributed by atoms with van der Waals surface area (Å²) in [7, 11) is -3.21.